The number of fused-ring (bicyclic) bond motifs is 1. The van der Waals surface area contributed by atoms with E-state index in [2.05, 4.69) is 42.0 Å². The van der Waals surface area contributed by atoms with E-state index in [0.717, 1.165) is 24.8 Å². The molecule has 1 aromatic carbocycles. The Morgan fingerprint density at radius 3 is 2.48 bits per heavy atom. The maximum Gasteiger partial charge on any atom is 0.279 e. The van der Waals surface area contributed by atoms with Crippen LogP contribution >= 0.6 is 11.3 Å². The van der Waals surface area contributed by atoms with Gasteiger partial charge in [-0.05, 0) is 61.3 Å². The standard InChI is InChI=1S/C20H24N2O2S/c1-2-14-7-9-15(10-8-14)11-12-19(23)21-22-20(24)18-13-16-5-3-4-6-17(16)25-18/h7-10,13H,2-6,11-12H2,1H3,(H,21,23)(H,22,24). The van der Waals surface area contributed by atoms with Crippen molar-refractivity contribution in [2.45, 2.75) is 51.9 Å². The van der Waals surface area contributed by atoms with E-state index in [1.807, 2.05) is 6.07 Å². The summed E-state index contributed by atoms with van der Waals surface area (Å²) in [7, 11) is 0. The topological polar surface area (TPSA) is 58.2 Å². The lowest BCUT2D eigenvalue weighted by atomic mass is 9.99. The number of thiophene rings is 1. The first-order valence-electron chi connectivity index (χ1n) is 8.94. The molecule has 2 amide bonds. The maximum absolute atomic E-state index is 12.2. The monoisotopic (exact) mass is 356 g/mol. The molecule has 5 heteroatoms. The normalized spacial score (nSPS) is 13.2. The predicted molar refractivity (Wildman–Crippen MR) is 101 cm³/mol. The summed E-state index contributed by atoms with van der Waals surface area (Å²) in [6.07, 6.45) is 6.55. The third kappa shape index (κ3) is 4.69. The number of benzene rings is 1. The van der Waals surface area contributed by atoms with Crippen LogP contribution in [0.3, 0.4) is 0 Å². The molecular weight excluding hydrogens is 332 g/mol. The highest BCUT2D eigenvalue weighted by molar-refractivity contribution is 7.14. The van der Waals surface area contributed by atoms with Crippen LogP contribution in [0, 0.1) is 0 Å². The fourth-order valence-electron chi connectivity index (χ4n) is 3.05. The number of rotatable bonds is 5. The second kappa shape index (κ2) is 8.30. The molecule has 0 bridgehead atoms. The van der Waals surface area contributed by atoms with Gasteiger partial charge in [0.05, 0.1) is 4.88 Å². The summed E-state index contributed by atoms with van der Waals surface area (Å²) in [5.41, 5.74) is 8.77. The van der Waals surface area contributed by atoms with E-state index in [-0.39, 0.29) is 11.8 Å². The van der Waals surface area contributed by atoms with Gasteiger partial charge in [-0.1, -0.05) is 31.2 Å². The summed E-state index contributed by atoms with van der Waals surface area (Å²) in [6.45, 7) is 2.12. The van der Waals surface area contributed by atoms with E-state index < -0.39 is 0 Å². The minimum Gasteiger partial charge on any atom is -0.273 e. The molecule has 0 saturated heterocycles. The molecule has 1 aliphatic rings. The molecule has 0 atom stereocenters. The highest BCUT2D eigenvalue weighted by atomic mass is 32.1. The fourth-order valence-corrected chi connectivity index (χ4v) is 4.20. The van der Waals surface area contributed by atoms with E-state index in [0.29, 0.717) is 17.7 Å². The highest BCUT2D eigenvalue weighted by Crippen LogP contribution is 2.29. The summed E-state index contributed by atoms with van der Waals surface area (Å²) in [4.78, 5) is 26.1. The maximum atomic E-state index is 12.2. The lowest BCUT2D eigenvalue weighted by Crippen LogP contribution is -2.41. The van der Waals surface area contributed by atoms with Crippen molar-refractivity contribution in [3.63, 3.8) is 0 Å². The molecule has 1 aliphatic carbocycles. The van der Waals surface area contributed by atoms with Gasteiger partial charge in [0.2, 0.25) is 5.91 Å². The zero-order chi connectivity index (χ0) is 17.6. The molecule has 0 aliphatic heterocycles. The van der Waals surface area contributed by atoms with Crippen molar-refractivity contribution in [1.82, 2.24) is 10.9 Å². The zero-order valence-electron chi connectivity index (χ0n) is 14.6. The van der Waals surface area contributed by atoms with Crippen LogP contribution in [0.5, 0.6) is 0 Å². The summed E-state index contributed by atoms with van der Waals surface area (Å²) >= 11 is 1.55. The average Bonchev–Trinajstić information content (AvgIpc) is 3.09. The summed E-state index contributed by atoms with van der Waals surface area (Å²) in [6, 6.07) is 10.3. The number of amides is 2. The Balaban J connectivity index is 1.45. The Morgan fingerprint density at radius 2 is 1.76 bits per heavy atom. The van der Waals surface area contributed by atoms with Gasteiger partial charge in [0.15, 0.2) is 0 Å². The first kappa shape index (κ1) is 17.7. The van der Waals surface area contributed by atoms with Gasteiger partial charge < -0.3 is 0 Å². The van der Waals surface area contributed by atoms with Crippen molar-refractivity contribution in [3.05, 3.63) is 56.8 Å². The number of carbonyl (C=O) groups excluding carboxylic acids is 2. The van der Waals surface area contributed by atoms with Crippen LogP contribution in [-0.4, -0.2) is 11.8 Å². The van der Waals surface area contributed by atoms with Crippen LogP contribution in [0.4, 0.5) is 0 Å². The predicted octanol–water partition coefficient (Wildman–Crippen LogP) is 3.58. The SMILES string of the molecule is CCc1ccc(CCC(=O)NNC(=O)c2cc3c(s2)CCCC3)cc1. The number of hydrogen-bond donors (Lipinski definition) is 2. The Kier molecular flexibility index (Phi) is 5.87. The molecule has 2 N–H and O–H groups in total. The van der Waals surface area contributed by atoms with E-state index >= 15 is 0 Å². The lowest BCUT2D eigenvalue weighted by Gasteiger charge is -2.08. The van der Waals surface area contributed by atoms with E-state index in [9.17, 15) is 9.59 Å². The molecular formula is C20H24N2O2S. The smallest absolute Gasteiger partial charge is 0.273 e. The lowest BCUT2D eigenvalue weighted by molar-refractivity contribution is -0.121. The number of hydrogen-bond acceptors (Lipinski definition) is 3. The largest absolute Gasteiger partial charge is 0.279 e. The van der Waals surface area contributed by atoms with Gasteiger partial charge in [0, 0.05) is 11.3 Å². The second-order valence-electron chi connectivity index (χ2n) is 6.44. The first-order valence-corrected chi connectivity index (χ1v) is 9.76. The molecule has 25 heavy (non-hydrogen) atoms. The van der Waals surface area contributed by atoms with Crippen LogP contribution in [0.15, 0.2) is 30.3 Å². The average molecular weight is 356 g/mol. The van der Waals surface area contributed by atoms with E-state index in [4.69, 9.17) is 0 Å². The van der Waals surface area contributed by atoms with Gasteiger partial charge in [0.25, 0.3) is 5.91 Å². The van der Waals surface area contributed by atoms with Crippen molar-refractivity contribution < 1.29 is 9.59 Å². The minimum atomic E-state index is -0.222. The third-order valence-corrected chi connectivity index (χ3v) is 5.84. The van der Waals surface area contributed by atoms with E-state index in [1.165, 1.54) is 28.8 Å². The molecule has 0 radical (unpaired) electrons. The molecule has 3 rings (SSSR count). The minimum absolute atomic E-state index is 0.172. The first-order chi connectivity index (χ1) is 12.2. The van der Waals surface area contributed by atoms with Crippen molar-refractivity contribution >= 4 is 23.2 Å². The van der Waals surface area contributed by atoms with Crippen LogP contribution < -0.4 is 10.9 Å². The van der Waals surface area contributed by atoms with Crippen LogP contribution in [0.2, 0.25) is 0 Å². The summed E-state index contributed by atoms with van der Waals surface area (Å²) in [5.74, 6) is -0.394. The van der Waals surface area contributed by atoms with E-state index in [1.54, 1.807) is 11.3 Å². The highest BCUT2D eigenvalue weighted by Gasteiger charge is 2.17. The van der Waals surface area contributed by atoms with Crippen LogP contribution in [0.1, 0.15) is 57.4 Å². The van der Waals surface area contributed by atoms with Gasteiger partial charge in [-0.25, -0.2) is 0 Å². The second-order valence-corrected chi connectivity index (χ2v) is 7.58. The van der Waals surface area contributed by atoms with Crippen molar-refractivity contribution in [1.29, 1.82) is 0 Å². The molecule has 0 saturated carbocycles. The third-order valence-electron chi connectivity index (χ3n) is 4.61. The summed E-state index contributed by atoms with van der Waals surface area (Å²) < 4.78 is 0. The number of nitrogens with one attached hydrogen (secondary N) is 2. The molecule has 4 nitrogen and oxygen atoms in total. The Morgan fingerprint density at radius 1 is 1.04 bits per heavy atom. The Labute approximate surface area is 152 Å². The molecule has 2 aromatic rings. The van der Waals surface area contributed by atoms with Gasteiger partial charge in [-0.2, -0.15) is 0 Å². The number of hydrazine groups is 1. The Bertz CT molecular complexity index is 726. The molecule has 0 unspecified atom stereocenters. The van der Waals surface area contributed by atoms with Crippen molar-refractivity contribution in [2.24, 2.45) is 0 Å². The Hall–Kier alpha value is -2.14. The molecule has 0 spiro atoms. The molecule has 0 fully saturated rings. The van der Waals surface area contributed by atoms with Gasteiger partial charge in [-0.15, -0.1) is 11.3 Å². The molecule has 1 heterocycles. The fraction of sp³-hybridized carbons (Fsp3) is 0.400. The van der Waals surface area contributed by atoms with Crippen molar-refractivity contribution in [3.8, 4) is 0 Å². The van der Waals surface area contributed by atoms with Crippen LogP contribution in [0.25, 0.3) is 0 Å². The van der Waals surface area contributed by atoms with Gasteiger partial charge in [0.1, 0.15) is 0 Å². The summed E-state index contributed by atoms with van der Waals surface area (Å²) in [5, 5.41) is 0. The van der Waals surface area contributed by atoms with Gasteiger partial charge in [-0.3, -0.25) is 20.4 Å². The van der Waals surface area contributed by atoms with Gasteiger partial charge >= 0.3 is 0 Å². The number of aryl methyl sites for hydroxylation is 4. The van der Waals surface area contributed by atoms with Crippen LogP contribution in [-0.2, 0) is 30.5 Å². The zero-order valence-corrected chi connectivity index (χ0v) is 15.4. The quantitative estimate of drug-likeness (QED) is 0.805. The molecule has 132 valence electrons. The number of carbonyl (C=O) groups is 2. The molecule has 1 aromatic heterocycles. The van der Waals surface area contributed by atoms with Crippen molar-refractivity contribution in [2.75, 3.05) is 0 Å².